The normalized spacial score (nSPS) is 20.1. The summed E-state index contributed by atoms with van der Waals surface area (Å²) in [4.78, 5) is 14.0. The highest BCUT2D eigenvalue weighted by atomic mass is 16.5. The van der Waals surface area contributed by atoms with Crippen molar-refractivity contribution in [3.8, 4) is 0 Å². The molecule has 1 heterocycles. The van der Waals surface area contributed by atoms with Crippen LogP contribution in [0.15, 0.2) is 0 Å². The number of hydrogen-bond donors (Lipinski definition) is 1. The maximum Gasteiger partial charge on any atom is 0.227 e. The fraction of sp³-hybridized carbons (Fsp3) is 0.909. The Balaban J connectivity index is 2.63. The number of hydrogen-bond acceptors (Lipinski definition) is 3. The summed E-state index contributed by atoms with van der Waals surface area (Å²) in [6, 6.07) is 0. The number of nitrogens with zero attached hydrogens (tertiary/aromatic N) is 1. The second-order valence-electron chi connectivity index (χ2n) is 5.09. The standard InChI is InChI=1S/C11H22N2O2/c1-11(2,3)9(8-12)10(14)13-4-6-15-7-5-13/h9H,4-8,12H2,1-3H3. The Bertz CT molecular complexity index is 217. The van der Waals surface area contributed by atoms with Crippen molar-refractivity contribution in [2.24, 2.45) is 17.1 Å². The molecule has 1 aliphatic rings. The zero-order valence-corrected chi connectivity index (χ0v) is 9.95. The van der Waals surface area contributed by atoms with Crippen LogP contribution in [0.25, 0.3) is 0 Å². The molecule has 1 atom stereocenters. The molecule has 88 valence electrons. The summed E-state index contributed by atoms with van der Waals surface area (Å²) in [5.41, 5.74) is 5.62. The smallest absolute Gasteiger partial charge is 0.227 e. The third-order valence-electron chi connectivity index (χ3n) is 2.90. The van der Waals surface area contributed by atoms with E-state index in [1.54, 1.807) is 0 Å². The van der Waals surface area contributed by atoms with Gasteiger partial charge in [-0.15, -0.1) is 0 Å². The van der Waals surface area contributed by atoms with Gasteiger partial charge in [0.2, 0.25) is 5.91 Å². The van der Waals surface area contributed by atoms with Gasteiger partial charge in [-0.25, -0.2) is 0 Å². The third kappa shape index (κ3) is 3.18. The molecule has 15 heavy (non-hydrogen) atoms. The number of carbonyl (C=O) groups is 1. The van der Waals surface area contributed by atoms with Crippen LogP contribution in [0.2, 0.25) is 0 Å². The molecule has 1 amide bonds. The van der Waals surface area contributed by atoms with E-state index < -0.39 is 0 Å². The van der Waals surface area contributed by atoms with Gasteiger partial charge in [-0.1, -0.05) is 20.8 Å². The van der Waals surface area contributed by atoms with Crippen molar-refractivity contribution < 1.29 is 9.53 Å². The highest BCUT2D eigenvalue weighted by molar-refractivity contribution is 5.79. The summed E-state index contributed by atoms with van der Waals surface area (Å²) >= 11 is 0. The van der Waals surface area contributed by atoms with Gasteiger partial charge in [0.25, 0.3) is 0 Å². The summed E-state index contributed by atoms with van der Waals surface area (Å²) in [5, 5.41) is 0. The predicted octanol–water partition coefficient (Wildman–Crippen LogP) is 0.466. The average Bonchev–Trinajstić information content (AvgIpc) is 2.18. The lowest BCUT2D eigenvalue weighted by atomic mass is 9.80. The van der Waals surface area contributed by atoms with Crippen molar-refractivity contribution >= 4 is 5.91 Å². The lowest BCUT2D eigenvalue weighted by Gasteiger charge is -2.35. The minimum absolute atomic E-state index is 0.0653. The number of nitrogens with two attached hydrogens (primary N) is 1. The first-order valence-electron chi connectivity index (χ1n) is 5.53. The van der Waals surface area contributed by atoms with Crippen LogP contribution in [0.1, 0.15) is 20.8 Å². The number of rotatable bonds is 2. The molecule has 1 aliphatic heterocycles. The van der Waals surface area contributed by atoms with Gasteiger partial charge in [0.1, 0.15) is 0 Å². The Morgan fingerprint density at radius 1 is 1.40 bits per heavy atom. The number of carbonyl (C=O) groups excluding carboxylic acids is 1. The van der Waals surface area contributed by atoms with Crippen molar-refractivity contribution in [3.05, 3.63) is 0 Å². The van der Waals surface area contributed by atoms with Gasteiger partial charge in [0.15, 0.2) is 0 Å². The molecule has 2 N–H and O–H groups in total. The summed E-state index contributed by atoms with van der Waals surface area (Å²) in [5.74, 6) is 0.0869. The van der Waals surface area contributed by atoms with Crippen molar-refractivity contribution in [3.63, 3.8) is 0 Å². The molecule has 0 aromatic carbocycles. The minimum atomic E-state index is -0.0874. The highest BCUT2D eigenvalue weighted by Crippen LogP contribution is 2.26. The van der Waals surface area contributed by atoms with E-state index in [0.29, 0.717) is 32.8 Å². The molecule has 0 radical (unpaired) electrons. The van der Waals surface area contributed by atoms with E-state index in [1.165, 1.54) is 0 Å². The van der Waals surface area contributed by atoms with Gasteiger partial charge in [-0.2, -0.15) is 0 Å². The van der Waals surface area contributed by atoms with Crippen LogP contribution in [0.5, 0.6) is 0 Å². The Labute approximate surface area is 91.8 Å². The first-order valence-corrected chi connectivity index (χ1v) is 5.53. The fourth-order valence-corrected chi connectivity index (χ4v) is 1.83. The molecule has 1 rings (SSSR count). The van der Waals surface area contributed by atoms with Crippen LogP contribution in [0.4, 0.5) is 0 Å². The lowest BCUT2D eigenvalue weighted by molar-refractivity contribution is -0.142. The minimum Gasteiger partial charge on any atom is -0.378 e. The predicted molar refractivity (Wildman–Crippen MR) is 59.4 cm³/mol. The van der Waals surface area contributed by atoms with E-state index in [2.05, 4.69) is 20.8 Å². The summed E-state index contributed by atoms with van der Waals surface area (Å²) < 4.78 is 5.22. The van der Waals surface area contributed by atoms with Crippen LogP contribution in [0.3, 0.4) is 0 Å². The summed E-state index contributed by atoms with van der Waals surface area (Å²) in [6.45, 7) is 9.28. The van der Waals surface area contributed by atoms with Gasteiger partial charge in [0.05, 0.1) is 19.1 Å². The molecular formula is C11H22N2O2. The molecular weight excluding hydrogens is 192 g/mol. The van der Waals surface area contributed by atoms with Gasteiger partial charge >= 0.3 is 0 Å². The second kappa shape index (κ2) is 4.94. The first-order chi connectivity index (χ1) is 6.96. The van der Waals surface area contributed by atoms with Crippen molar-refractivity contribution in [1.82, 2.24) is 4.90 Å². The van der Waals surface area contributed by atoms with Crippen molar-refractivity contribution in [2.45, 2.75) is 20.8 Å². The quantitative estimate of drug-likeness (QED) is 0.727. The molecule has 0 spiro atoms. The maximum absolute atomic E-state index is 12.2. The third-order valence-corrected chi connectivity index (χ3v) is 2.90. The Morgan fingerprint density at radius 3 is 2.33 bits per heavy atom. The van der Waals surface area contributed by atoms with E-state index in [-0.39, 0.29) is 17.2 Å². The molecule has 0 aromatic rings. The zero-order valence-electron chi connectivity index (χ0n) is 9.95. The van der Waals surface area contributed by atoms with E-state index in [1.807, 2.05) is 4.90 Å². The maximum atomic E-state index is 12.2. The van der Waals surface area contributed by atoms with E-state index in [4.69, 9.17) is 10.5 Å². The molecule has 1 unspecified atom stereocenters. The molecule has 0 aliphatic carbocycles. The van der Waals surface area contributed by atoms with Crippen molar-refractivity contribution in [1.29, 1.82) is 0 Å². The van der Waals surface area contributed by atoms with Crippen LogP contribution in [0, 0.1) is 11.3 Å². The summed E-state index contributed by atoms with van der Waals surface area (Å²) in [6.07, 6.45) is 0. The molecule has 4 heteroatoms. The fourth-order valence-electron chi connectivity index (χ4n) is 1.83. The topological polar surface area (TPSA) is 55.6 Å². The van der Waals surface area contributed by atoms with Crippen LogP contribution >= 0.6 is 0 Å². The largest absolute Gasteiger partial charge is 0.378 e. The van der Waals surface area contributed by atoms with Crippen LogP contribution < -0.4 is 5.73 Å². The molecule has 1 fully saturated rings. The Hall–Kier alpha value is -0.610. The van der Waals surface area contributed by atoms with Gasteiger partial charge in [0, 0.05) is 19.6 Å². The molecule has 1 saturated heterocycles. The van der Waals surface area contributed by atoms with Gasteiger partial charge < -0.3 is 15.4 Å². The molecule has 0 bridgehead atoms. The average molecular weight is 214 g/mol. The Morgan fingerprint density at radius 2 is 1.93 bits per heavy atom. The monoisotopic (exact) mass is 214 g/mol. The van der Waals surface area contributed by atoms with Crippen LogP contribution in [-0.4, -0.2) is 43.7 Å². The zero-order chi connectivity index (χ0) is 11.5. The van der Waals surface area contributed by atoms with E-state index in [0.717, 1.165) is 0 Å². The number of morpholine rings is 1. The molecule has 0 saturated carbocycles. The highest BCUT2D eigenvalue weighted by Gasteiger charge is 2.33. The second-order valence-corrected chi connectivity index (χ2v) is 5.09. The Kier molecular flexibility index (Phi) is 4.11. The number of ether oxygens (including phenoxy) is 1. The lowest BCUT2D eigenvalue weighted by Crippen LogP contribution is -2.48. The number of amides is 1. The van der Waals surface area contributed by atoms with Gasteiger partial charge in [-0.05, 0) is 5.41 Å². The van der Waals surface area contributed by atoms with E-state index in [9.17, 15) is 4.79 Å². The van der Waals surface area contributed by atoms with E-state index >= 15 is 0 Å². The first kappa shape index (κ1) is 12.5. The molecule has 4 nitrogen and oxygen atoms in total. The van der Waals surface area contributed by atoms with Crippen LogP contribution in [-0.2, 0) is 9.53 Å². The van der Waals surface area contributed by atoms with Crippen molar-refractivity contribution in [2.75, 3.05) is 32.8 Å². The SMILES string of the molecule is CC(C)(C)C(CN)C(=O)N1CCOCC1. The van der Waals surface area contributed by atoms with Gasteiger partial charge in [-0.3, -0.25) is 4.79 Å². The summed E-state index contributed by atoms with van der Waals surface area (Å²) in [7, 11) is 0. The molecule has 0 aromatic heterocycles.